The zero-order valence-electron chi connectivity index (χ0n) is 24.1. The second-order valence-corrected chi connectivity index (χ2v) is 10.7. The summed E-state index contributed by atoms with van der Waals surface area (Å²) in [7, 11) is -0.432. The van der Waals surface area contributed by atoms with Crippen LogP contribution >= 0.6 is 0 Å². The smallest absolute Gasteiger partial charge is 0.399 e. The van der Waals surface area contributed by atoms with E-state index in [9.17, 15) is 0 Å². The first-order valence-electron chi connectivity index (χ1n) is 13.5. The molecule has 0 atom stereocenters. The van der Waals surface area contributed by atoms with E-state index < -0.39 is 18.3 Å². The van der Waals surface area contributed by atoms with Crippen LogP contribution in [-0.2, 0) is 9.31 Å². The SMILES string of the molecule is C=C/C=C(C=C)/C(C=C)=C(/C=C)N(c1ccc(B2OC(C)(C)C(C)(C)O2)cc1)c1ccc(-c2ccccc2)cc1. The van der Waals surface area contributed by atoms with E-state index in [0.29, 0.717) is 0 Å². The Bertz CT molecular complexity index is 1430. The van der Waals surface area contributed by atoms with Gasteiger partial charge in [-0.05, 0) is 80.2 Å². The molecule has 0 bridgehead atoms. The van der Waals surface area contributed by atoms with Crippen LogP contribution in [0.5, 0.6) is 0 Å². The zero-order valence-corrected chi connectivity index (χ0v) is 24.1. The van der Waals surface area contributed by atoms with Crippen LogP contribution in [0.15, 0.2) is 152 Å². The third-order valence-corrected chi connectivity index (χ3v) is 7.65. The standard InChI is InChI=1S/C36H38BNO2/c1-9-16-27(10-2)33(11-3)34(12-4)38(31-23-19-29(20-24-31)28-17-14-13-15-18-28)32-25-21-30(22-26-32)37-39-35(5,6)36(7,8)40-37/h9-26H,1-4H2,5-8H3/b27-16+,34-33-. The summed E-state index contributed by atoms with van der Waals surface area (Å²) in [5, 5.41) is 0. The van der Waals surface area contributed by atoms with Crippen molar-refractivity contribution < 1.29 is 9.31 Å². The summed E-state index contributed by atoms with van der Waals surface area (Å²) in [6, 6.07) is 27.2. The number of rotatable bonds is 10. The van der Waals surface area contributed by atoms with E-state index in [1.54, 1.807) is 12.2 Å². The quantitative estimate of drug-likeness (QED) is 0.194. The topological polar surface area (TPSA) is 21.7 Å². The van der Waals surface area contributed by atoms with E-state index in [4.69, 9.17) is 9.31 Å². The minimum atomic E-state index is -0.432. The second-order valence-electron chi connectivity index (χ2n) is 10.7. The fraction of sp³-hybridized carbons (Fsp3) is 0.167. The molecular weight excluding hydrogens is 489 g/mol. The maximum atomic E-state index is 6.28. The van der Waals surface area contributed by atoms with Crippen LogP contribution in [0.25, 0.3) is 11.1 Å². The first kappa shape index (κ1) is 28.9. The molecule has 3 nitrogen and oxygen atoms in total. The highest BCUT2D eigenvalue weighted by atomic mass is 16.7. The lowest BCUT2D eigenvalue weighted by Gasteiger charge is -2.32. The van der Waals surface area contributed by atoms with Crippen molar-refractivity contribution >= 4 is 24.0 Å². The molecule has 1 heterocycles. The maximum absolute atomic E-state index is 6.28. The van der Waals surface area contributed by atoms with Crippen LogP contribution in [-0.4, -0.2) is 18.3 Å². The van der Waals surface area contributed by atoms with Gasteiger partial charge in [-0.3, -0.25) is 0 Å². The number of allylic oxidation sites excluding steroid dienone is 7. The van der Waals surface area contributed by atoms with Gasteiger partial charge in [-0.25, -0.2) is 0 Å². The van der Waals surface area contributed by atoms with Crippen molar-refractivity contribution in [3.8, 4) is 11.1 Å². The zero-order chi connectivity index (χ0) is 28.9. The predicted molar refractivity (Wildman–Crippen MR) is 172 cm³/mol. The van der Waals surface area contributed by atoms with Gasteiger partial charge in [0.2, 0.25) is 0 Å². The summed E-state index contributed by atoms with van der Waals surface area (Å²) in [6.07, 6.45) is 9.16. The summed E-state index contributed by atoms with van der Waals surface area (Å²) < 4.78 is 12.6. The van der Waals surface area contributed by atoms with Gasteiger partial charge in [0, 0.05) is 16.9 Å². The van der Waals surface area contributed by atoms with Gasteiger partial charge < -0.3 is 14.2 Å². The van der Waals surface area contributed by atoms with E-state index in [0.717, 1.165) is 39.2 Å². The predicted octanol–water partition coefficient (Wildman–Crippen LogP) is 8.72. The monoisotopic (exact) mass is 527 g/mol. The van der Waals surface area contributed by atoms with E-state index in [-0.39, 0.29) is 0 Å². The van der Waals surface area contributed by atoms with Gasteiger partial charge in [0.05, 0.1) is 16.9 Å². The average Bonchev–Trinajstić information content (AvgIpc) is 3.19. The number of anilines is 2. The molecule has 3 aromatic carbocycles. The lowest BCUT2D eigenvalue weighted by Crippen LogP contribution is -2.41. The number of benzene rings is 3. The Kier molecular flexibility index (Phi) is 8.63. The highest BCUT2D eigenvalue weighted by Crippen LogP contribution is 2.38. The lowest BCUT2D eigenvalue weighted by molar-refractivity contribution is 0.00578. The molecule has 4 heteroatoms. The van der Waals surface area contributed by atoms with E-state index in [1.807, 2.05) is 24.3 Å². The summed E-state index contributed by atoms with van der Waals surface area (Å²) in [4.78, 5) is 2.17. The normalized spacial score (nSPS) is 16.6. The van der Waals surface area contributed by atoms with Crippen molar-refractivity contribution in [1.29, 1.82) is 0 Å². The number of nitrogens with zero attached hydrogens (tertiary/aromatic N) is 1. The van der Waals surface area contributed by atoms with Crippen molar-refractivity contribution in [2.24, 2.45) is 0 Å². The molecule has 1 fully saturated rings. The van der Waals surface area contributed by atoms with Gasteiger partial charge in [0.15, 0.2) is 0 Å². The minimum Gasteiger partial charge on any atom is -0.399 e. The number of hydrogen-bond acceptors (Lipinski definition) is 3. The molecule has 40 heavy (non-hydrogen) atoms. The molecule has 0 saturated carbocycles. The first-order chi connectivity index (χ1) is 19.2. The Morgan fingerprint density at radius 1 is 0.675 bits per heavy atom. The van der Waals surface area contributed by atoms with Crippen LogP contribution in [0.2, 0.25) is 0 Å². The van der Waals surface area contributed by atoms with Crippen LogP contribution in [0.1, 0.15) is 27.7 Å². The second kappa shape index (κ2) is 12.0. The Labute approximate surface area is 240 Å². The van der Waals surface area contributed by atoms with Gasteiger partial charge in [0.1, 0.15) is 0 Å². The molecule has 0 spiro atoms. The van der Waals surface area contributed by atoms with Crippen molar-refractivity contribution in [1.82, 2.24) is 0 Å². The summed E-state index contributed by atoms with van der Waals surface area (Å²) in [5.41, 5.74) is 7.09. The Morgan fingerprint density at radius 3 is 1.68 bits per heavy atom. The largest absolute Gasteiger partial charge is 0.494 e. The molecule has 1 saturated heterocycles. The molecule has 1 aliphatic rings. The van der Waals surface area contributed by atoms with Gasteiger partial charge in [-0.1, -0.05) is 105 Å². The van der Waals surface area contributed by atoms with Crippen molar-refractivity contribution in [3.05, 3.63) is 152 Å². The maximum Gasteiger partial charge on any atom is 0.494 e. The van der Waals surface area contributed by atoms with Crippen LogP contribution < -0.4 is 10.4 Å². The van der Waals surface area contributed by atoms with Crippen molar-refractivity contribution in [2.45, 2.75) is 38.9 Å². The molecule has 0 radical (unpaired) electrons. The molecule has 1 aliphatic heterocycles. The summed E-state index contributed by atoms with van der Waals surface area (Å²) >= 11 is 0. The molecule has 4 rings (SSSR count). The van der Waals surface area contributed by atoms with Crippen molar-refractivity contribution in [2.75, 3.05) is 4.90 Å². The summed E-state index contributed by atoms with van der Waals surface area (Å²) in [6.45, 7) is 24.4. The van der Waals surface area contributed by atoms with Crippen molar-refractivity contribution in [3.63, 3.8) is 0 Å². The summed E-state index contributed by atoms with van der Waals surface area (Å²) in [5.74, 6) is 0. The Morgan fingerprint density at radius 2 is 1.20 bits per heavy atom. The molecular formula is C36H38BNO2. The van der Waals surface area contributed by atoms with Crippen LogP contribution in [0.3, 0.4) is 0 Å². The van der Waals surface area contributed by atoms with Gasteiger partial charge in [-0.15, -0.1) is 0 Å². The minimum absolute atomic E-state index is 0.404. The molecule has 3 aromatic rings. The van der Waals surface area contributed by atoms with Crippen LogP contribution in [0.4, 0.5) is 11.4 Å². The number of hydrogen-bond donors (Lipinski definition) is 0. The van der Waals surface area contributed by atoms with E-state index >= 15 is 0 Å². The highest BCUT2D eigenvalue weighted by molar-refractivity contribution is 6.62. The third kappa shape index (κ3) is 5.74. The highest BCUT2D eigenvalue weighted by Gasteiger charge is 2.51. The van der Waals surface area contributed by atoms with E-state index in [2.05, 4.69) is 132 Å². The molecule has 0 amide bonds. The lowest BCUT2D eigenvalue weighted by atomic mass is 9.79. The van der Waals surface area contributed by atoms with Crippen LogP contribution in [0, 0.1) is 0 Å². The molecule has 0 aromatic heterocycles. The van der Waals surface area contributed by atoms with Gasteiger partial charge >= 0.3 is 7.12 Å². The molecule has 0 aliphatic carbocycles. The fourth-order valence-electron chi connectivity index (χ4n) is 4.71. The van der Waals surface area contributed by atoms with Gasteiger partial charge in [-0.2, -0.15) is 0 Å². The Balaban J connectivity index is 1.82. The molecule has 0 N–H and O–H groups in total. The first-order valence-corrected chi connectivity index (χ1v) is 13.5. The Hall–Kier alpha value is -4.12. The fourth-order valence-corrected chi connectivity index (χ4v) is 4.71. The van der Waals surface area contributed by atoms with Gasteiger partial charge in [0.25, 0.3) is 0 Å². The molecule has 0 unspecified atom stereocenters. The molecule has 202 valence electrons. The average molecular weight is 528 g/mol. The van der Waals surface area contributed by atoms with E-state index in [1.165, 1.54) is 5.56 Å². The third-order valence-electron chi connectivity index (χ3n) is 7.65.